The van der Waals surface area contributed by atoms with E-state index in [-0.39, 0.29) is 18.1 Å². The molecule has 1 rings (SSSR count). The molecule has 1 aromatic rings. The zero-order valence-electron chi connectivity index (χ0n) is 9.85. The summed E-state index contributed by atoms with van der Waals surface area (Å²) in [5.41, 5.74) is 0.0479. The van der Waals surface area contributed by atoms with E-state index in [0.29, 0.717) is 5.88 Å². The van der Waals surface area contributed by atoms with Gasteiger partial charge >= 0.3 is 5.97 Å². The van der Waals surface area contributed by atoms with Crippen LogP contribution in [-0.2, 0) is 9.53 Å². The number of nitrogens with zero attached hydrogens (tertiary/aromatic N) is 1. The number of ketones is 1. The monoisotopic (exact) mass is 239 g/mol. The summed E-state index contributed by atoms with van der Waals surface area (Å²) in [7, 11) is 2.79. The van der Waals surface area contributed by atoms with Gasteiger partial charge in [-0.05, 0) is 13.0 Å². The molecule has 6 nitrogen and oxygen atoms in total. The van der Waals surface area contributed by atoms with Gasteiger partial charge in [-0.25, -0.2) is 4.79 Å². The van der Waals surface area contributed by atoms with Crippen LogP contribution in [0.2, 0.25) is 0 Å². The molecule has 0 aliphatic carbocycles. The summed E-state index contributed by atoms with van der Waals surface area (Å²) in [6, 6.07) is 2.87. The highest BCUT2D eigenvalue weighted by Gasteiger charge is 2.22. The van der Waals surface area contributed by atoms with Crippen molar-refractivity contribution in [3.8, 4) is 11.8 Å². The minimum atomic E-state index is -0.933. The van der Waals surface area contributed by atoms with Gasteiger partial charge in [-0.3, -0.25) is 4.79 Å². The second kappa shape index (κ2) is 5.83. The van der Waals surface area contributed by atoms with E-state index < -0.39 is 11.8 Å². The maximum absolute atomic E-state index is 11.7. The van der Waals surface area contributed by atoms with Crippen LogP contribution in [0.4, 0.5) is 0 Å². The van der Waals surface area contributed by atoms with Crippen LogP contribution < -0.4 is 9.47 Å². The highest BCUT2D eigenvalue weighted by atomic mass is 16.5. The number of esters is 1. The van der Waals surface area contributed by atoms with Crippen LogP contribution >= 0.6 is 0 Å². The van der Waals surface area contributed by atoms with Gasteiger partial charge in [-0.15, -0.1) is 0 Å². The Morgan fingerprint density at radius 2 is 1.94 bits per heavy atom. The van der Waals surface area contributed by atoms with Crippen molar-refractivity contribution in [2.24, 2.45) is 0 Å². The predicted molar refractivity (Wildman–Crippen MR) is 58.3 cm³/mol. The average molecular weight is 239 g/mol. The number of carbonyl (C=O) groups is 2. The Hall–Kier alpha value is -2.11. The summed E-state index contributed by atoms with van der Waals surface area (Å²) >= 11 is 0. The Morgan fingerprint density at radius 3 is 2.47 bits per heavy atom. The second-order valence-electron chi connectivity index (χ2n) is 2.96. The number of hydrogen-bond donors (Lipinski definition) is 0. The Kier molecular flexibility index (Phi) is 4.45. The number of Topliss-reactive ketones (excluding diaryl/α,β-unsaturated/α-hetero) is 1. The Labute approximate surface area is 98.5 Å². The van der Waals surface area contributed by atoms with Gasteiger partial charge in [0.2, 0.25) is 11.8 Å². The van der Waals surface area contributed by atoms with E-state index in [1.165, 1.54) is 26.4 Å². The van der Waals surface area contributed by atoms with Crippen LogP contribution in [0, 0.1) is 0 Å². The molecule has 0 aliphatic heterocycles. The van der Waals surface area contributed by atoms with Crippen LogP contribution in [0.5, 0.6) is 11.8 Å². The summed E-state index contributed by atoms with van der Waals surface area (Å²) in [6.45, 7) is 1.76. The fourth-order valence-electron chi connectivity index (χ4n) is 1.17. The van der Waals surface area contributed by atoms with E-state index in [9.17, 15) is 9.59 Å². The molecule has 0 bridgehead atoms. The number of aromatic nitrogens is 1. The largest absolute Gasteiger partial charge is 0.481 e. The lowest BCUT2D eigenvalue weighted by atomic mass is 10.2. The van der Waals surface area contributed by atoms with Crippen molar-refractivity contribution in [3.63, 3.8) is 0 Å². The van der Waals surface area contributed by atoms with Gasteiger partial charge in [-0.2, -0.15) is 4.98 Å². The Morgan fingerprint density at radius 1 is 1.24 bits per heavy atom. The lowest BCUT2D eigenvalue weighted by Gasteiger charge is -2.07. The van der Waals surface area contributed by atoms with E-state index in [2.05, 4.69) is 9.72 Å². The molecule has 0 N–H and O–H groups in total. The van der Waals surface area contributed by atoms with Crippen LogP contribution in [0.1, 0.15) is 17.3 Å². The number of pyridine rings is 1. The molecule has 17 heavy (non-hydrogen) atoms. The zero-order chi connectivity index (χ0) is 12.8. The quantitative estimate of drug-likeness (QED) is 0.430. The molecule has 0 spiro atoms. The maximum atomic E-state index is 11.7. The first-order valence-electron chi connectivity index (χ1n) is 4.94. The average Bonchev–Trinajstić information content (AvgIpc) is 2.37. The van der Waals surface area contributed by atoms with Gasteiger partial charge in [0.05, 0.1) is 26.4 Å². The summed E-state index contributed by atoms with van der Waals surface area (Å²) in [5, 5.41) is 0. The first-order chi connectivity index (χ1) is 8.13. The van der Waals surface area contributed by atoms with Gasteiger partial charge in [0, 0.05) is 6.07 Å². The maximum Gasteiger partial charge on any atom is 0.379 e. The molecule has 0 aliphatic rings. The van der Waals surface area contributed by atoms with Crippen molar-refractivity contribution in [1.82, 2.24) is 4.98 Å². The third-order valence-electron chi connectivity index (χ3n) is 1.94. The van der Waals surface area contributed by atoms with Crippen molar-refractivity contribution in [2.75, 3.05) is 20.8 Å². The number of hydrogen-bond acceptors (Lipinski definition) is 6. The van der Waals surface area contributed by atoms with Crippen molar-refractivity contribution >= 4 is 11.8 Å². The van der Waals surface area contributed by atoms with Gasteiger partial charge in [-0.1, -0.05) is 0 Å². The first kappa shape index (κ1) is 13.0. The SMILES string of the molecule is CCOC(=O)C(=O)c1ccc(OC)nc1OC. The summed E-state index contributed by atoms with van der Waals surface area (Å²) in [4.78, 5) is 26.9. The molecule has 1 aromatic heterocycles. The van der Waals surface area contributed by atoms with E-state index in [1.807, 2.05) is 0 Å². The third kappa shape index (κ3) is 2.93. The minimum Gasteiger partial charge on any atom is -0.481 e. The fourth-order valence-corrected chi connectivity index (χ4v) is 1.17. The van der Waals surface area contributed by atoms with Gasteiger partial charge in [0.25, 0.3) is 5.78 Å². The molecule has 0 atom stereocenters. The lowest BCUT2D eigenvalue weighted by Crippen LogP contribution is -2.18. The molecule has 1 heterocycles. The normalized spacial score (nSPS) is 9.59. The molecule has 0 fully saturated rings. The van der Waals surface area contributed by atoms with Gasteiger partial charge < -0.3 is 14.2 Å². The number of carbonyl (C=O) groups excluding carboxylic acids is 2. The van der Waals surface area contributed by atoms with E-state index >= 15 is 0 Å². The molecule has 0 saturated carbocycles. The van der Waals surface area contributed by atoms with E-state index in [1.54, 1.807) is 6.92 Å². The molecule has 0 amide bonds. The van der Waals surface area contributed by atoms with Crippen LogP contribution in [0.15, 0.2) is 12.1 Å². The number of ether oxygens (including phenoxy) is 3. The van der Waals surface area contributed by atoms with Crippen molar-refractivity contribution in [1.29, 1.82) is 0 Å². The van der Waals surface area contributed by atoms with E-state index in [4.69, 9.17) is 9.47 Å². The van der Waals surface area contributed by atoms with Gasteiger partial charge in [0.1, 0.15) is 0 Å². The molecule has 0 unspecified atom stereocenters. The van der Waals surface area contributed by atoms with Crippen molar-refractivity contribution in [3.05, 3.63) is 17.7 Å². The second-order valence-corrected chi connectivity index (χ2v) is 2.96. The molecule has 0 saturated heterocycles. The molecule has 0 aromatic carbocycles. The highest BCUT2D eigenvalue weighted by molar-refractivity contribution is 6.41. The van der Waals surface area contributed by atoms with Crippen LogP contribution in [0.3, 0.4) is 0 Å². The molecular weight excluding hydrogens is 226 g/mol. The summed E-state index contributed by atoms with van der Waals surface area (Å²) in [5.74, 6) is -1.40. The van der Waals surface area contributed by atoms with Crippen LogP contribution in [-0.4, -0.2) is 37.6 Å². The molecule has 92 valence electrons. The highest BCUT2D eigenvalue weighted by Crippen LogP contribution is 2.20. The predicted octanol–water partition coefficient (Wildman–Crippen LogP) is 0.845. The van der Waals surface area contributed by atoms with Crippen LogP contribution in [0.25, 0.3) is 0 Å². The lowest BCUT2D eigenvalue weighted by molar-refractivity contribution is -0.137. The van der Waals surface area contributed by atoms with E-state index in [0.717, 1.165) is 0 Å². The number of rotatable bonds is 5. The standard InChI is InChI=1S/C11H13NO5/c1-4-17-11(14)9(13)7-5-6-8(15-2)12-10(7)16-3/h5-6H,4H2,1-3H3. The minimum absolute atomic E-state index is 0.0300. The smallest absolute Gasteiger partial charge is 0.379 e. The molecule has 6 heteroatoms. The zero-order valence-corrected chi connectivity index (χ0v) is 9.85. The Balaban J connectivity index is 3.05. The summed E-state index contributed by atoms with van der Waals surface area (Å²) < 4.78 is 14.4. The number of methoxy groups -OCH3 is 2. The Bertz CT molecular complexity index is 430. The van der Waals surface area contributed by atoms with Crippen molar-refractivity contribution in [2.45, 2.75) is 6.92 Å². The van der Waals surface area contributed by atoms with Crippen molar-refractivity contribution < 1.29 is 23.8 Å². The third-order valence-corrected chi connectivity index (χ3v) is 1.94. The first-order valence-corrected chi connectivity index (χ1v) is 4.94. The molecular formula is C11H13NO5. The fraction of sp³-hybridized carbons (Fsp3) is 0.364. The summed E-state index contributed by atoms with van der Waals surface area (Å²) in [6.07, 6.45) is 0. The molecule has 0 radical (unpaired) electrons. The van der Waals surface area contributed by atoms with Gasteiger partial charge in [0.15, 0.2) is 0 Å². The topological polar surface area (TPSA) is 74.7 Å².